The molecule has 70 valence electrons. The average molecular weight is 205 g/mol. The van der Waals surface area contributed by atoms with E-state index in [1.165, 1.54) is 4.42 Å². The topological polar surface area (TPSA) is 16.1 Å². The van der Waals surface area contributed by atoms with Crippen LogP contribution in [-0.2, 0) is 0 Å². The highest BCUT2D eigenvalue weighted by molar-refractivity contribution is 6.29. The number of para-hydroxylation sites is 1. The van der Waals surface area contributed by atoms with Crippen molar-refractivity contribution in [3.63, 3.8) is 0 Å². The fourth-order valence-corrected chi connectivity index (χ4v) is 1.37. The Kier molecular flexibility index (Phi) is 2.65. The van der Waals surface area contributed by atoms with E-state index in [0.717, 1.165) is 11.5 Å². The Labute approximate surface area is 87.9 Å². The van der Waals surface area contributed by atoms with Gasteiger partial charge in [0.1, 0.15) is 5.82 Å². The van der Waals surface area contributed by atoms with E-state index in [-0.39, 0.29) is 0 Å². The number of rotatable bonds is 2. The maximum Gasteiger partial charge on any atom is 0.147 e. The van der Waals surface area contributed by atoms with Gasteiger partial charge in [0.25, 0.3) is 0 Å². The van der Waals surface area contributed by atoms with Gasteiger partial charge in [-0.1, -0.05) is 24.3 Å². The molecule has 0 atom stereocenters. The lowest BCUT2D eigenvalue weighted by Gasteiger charge is -2.13. The molecule has 2 aromatic rings. The zero-order chi connectivity index (χ0) is 9.80. The second-order valence-corrected chi connectivity index (χ2v) is 3.14. The number of halogens is 1. The summed E-state index contributed by atoms with van der Waals surface area (Å²) >= 11 is 6.10. The van der Waals surface area contributed by atoms with E-state index in [2.05, 4.69) is 4.98 Å². The quantitative estimate of drug-likeness (QED) is 0.698. The number of pyridine rings is 1. The lowest BCUT2D eigenvalue weighted by Crippen LogP contribution is -2.02. The second-order valence-electron chi connectivity index (χ2n) is 2.80. The molecule has 0 unspecified atom stereocenters. The molecule has 0 saturated carbocycles. The van der Waals surface area contributed by atoms with Crippen molar-refractivity contribution in [1.82, 2.24) is 4.98 Å². The predicted molar refractivity (Wildman–Crippen MR) is 58.7 cm³/mol. The van der Waals surface area contributed by atoms with Crippen molar-refractivity contribution in [2.75, 3.05) is 4.42 Å². The Morgan fingerprint density at radius 1 is 0.929 bits per heavy atom. The molecule has 3 heteroatoms. The molecule has 0 saturated heterocycles. The number of benzene rings is 1. The monoisotopic (exact) mass is 204 g/mol. The zero-order valence-electron chi connectivity index (χ0n) is 7.47. The number of aromatic nitrogens is 1. The largest absolute Gasteiger partial charge is 0.238 e. The minimum absolute atomic E-state index is 0.723. The van der Waals surface area contributed by atoms with Crippen LogP contribution in [-0.4, -0.2) is 4.98 Å². The van der Waals surface area contributed by atoms with Gasteiger partial charge in [-0.25, -0.2) is 9.40 Å². The molecular formula is C11H9ClN2. The van der Waals surface area contributed by atoms with Crippen molar-refractivity contribution in [2.24, 2.45) is 0 Å². The number of hydrogen-bond donors (Lipinski definition) is 0. The van der Waals surface area contributed by atoms with Crippen molar-refractivity contribution in [2.45, 2.75) is 0 Å². The highest BCUT2D eigenvalue weighted by Crippen LogP contribution is 2.24. The van der Waals surface area contributed by atoms with Gasteiger partial charge in [0, 0.05) is 18.0 Å². The molecule has 0 radical (unpaired) electrons. The lowest BCUT2D eigenvalue weighted by atomic mass is 10.3. The smallest absolute Gasteiger partial charge is 0.147 e. The maximum atomic E-state index is 6.10. The molecule has 0 spiro atoms. The summed E-state index contributed by atoms with van der Waals surface area (Å²) in [6, 6.07) is 15.3. The first-order chi connectivity index (χ1) is 6.88. The number of nitrogens with zero attached hydrogens (tertiary/aromatic N) is 2. The third kappa shape index (κ3) is 1.86. The minimum atomic E-state index is 0.723. The van der Waals surface area contributed by atoms with Crippen molar-refractivity contribution < 1.29 is 0 Å². The number of anilines is 2. The van der Waals surface area contributed by atoms with Crippen LogP contribution in [0.25, 0.3) is 0 Å². The van der Waals surface area contributed by atoms with Gasteiger partial charge in [-0.3, -0.25) is 0 Å². The van der Waals surface area contributed by atoms with E-state index in [0.29, 0.717) is 0 Å². The molecule has 0 N–H and O–H groups in total. The molecule has 14 heavy (non-hydrogen) atoms. The first kappa shape index (κ1) is 9.03. The van der Waals surface area contributed by atoms with Crippen LogP contribution in [0.5, 0.6) is 0 Å². The normalized spacial score (nSPS) is 9.79. The van der Waals surface area contributed by atoms with Crippen LogP contribution in [0.3, 0.4) is 0 Å². The fraction of sp³-hybridized carbons (Fsp3) is 0. The summed E-state index contributed by atoms with van der Waals surface area (Å²) in [7, 11) is 0. The van der Waals surface area contributed by atoms with E-state index in [1.54, 1.807) is 6.20 Å². The summed E-state index contributed by atoms with van der Waals surface area (Å²) in [6.07, 6.45) is 1.72. The Bertz CT molecular complexity index is 349. The Morgan fingerprint density at radius 2 is 1.64 bits per heavy atom. The van der Waals surface area contributed by atoms with Crippen molar-refractivity contribution in [3.05, 3.63) is 54.7 Å². The van der Waals surface area contributed by atoms with Crippen LogP contribution in [0, 0.1) is 0 Å². The van der Waals surface area contributed by atoms with Crippen molar-refractivity contribution in [1.29, 1.82) is 0 Å². The van der Waals surface area contributed by atoms with Gasteiger partial charge in [0.15, 0.2) is 0 Å². The van der Waals surface area contributed by atoms with E-state index < -0.39 is 0 Å². The molecule has 0 fully saturated rings. The third-order valence-corrected chi connectivity index (χ3v) is 2.20. The average Bonchev–Trinajstić information content (AvgIpc) is 2.30. The van der Waals surface area contributed by atoms with Crippen molar-refractivity contribution in [3.8, 4) is 0 Å². The maximum absolute atomic E-state index is 6.10. The molecule has 1 heterocycles. The first-order valence-corrected chi connectivity index (χ1v) is 4.64. The number of hydrogen-bond acceptors (Lipinski definition) is 2. The van der Waals surface area contributed by atoms with Crippen LogP contribution in [0.4, 0.5) is 11.5 Å². The SMILES string of the molecule is ClN(c1ccccc1)c1ccccn1. The Hall–Kier alpha value is -1.54. The summed E-state index contributed by atoms with van der Waals surface area (Å²) in [6.45, 7) is 0. The van der Waals surface area contributed by atoms with E-state index in [4.69, 9.17) is 11.8 Å². The summed E-state index contributed by atoms with van der Waals surface area (Å²) in [5, 5.41) is 0. The van der Waals surface area contributed by atoms with Gasteiger partial charge in [0.05, 0.1) is 5.69 Å². The predicted octanol–water partition coefficient (Wildman–Crippen LogP) is 3.37. The van der Waals surface area contributed by atoms with Crippen LogP contribution in [0.1, 0.15) is 0 Å². The Balaban J connectivity index is 2.30. The van der Waals surface area contributed by atoms with Gasteiger partial charge in [-0.05, 0) is 24.3 Å². The van der Waals surface area contributed by atoms with Crippen LogP contribution < -0.4 is 4.42 Å². The minimum Gasteiger partial charge on any atom is -0.238 e. The van der Waals surface area contributed by atoms with Crippen LogP contribution in [0.15, 0.2) is 54.7 Å². The molecule has 0 aliphatic heterocycles. The third-order valence-electron chi connectivity index (χ3n) is 1.83. The summed E-state index contributed by atoms with van der Waals surface area (Å²) < 4.78 is 1.53. The summed E-state index contributed by atoms with van der Waals surface area (Å²) in [5.41, 5.74) is 0.910. The summed E-state index contributed by atoms with van der Waals surface area (Å²) in [5.74, 6) is 0.723. The molecule has 0 amide bonds. The molecule has 2 rings (SSSR count). The zero-order valence-corrected chi connectivity index (χ0v) is 8.22. The molecule has 0 aliphatic rings. The van der Waals surface area contributed by atoms with Gasteiger partial charge < -0.3 is 0 Å². The second kappa shape index (κ2) is 4.11. The van der Waals surface area contributed by atoms with Crippen molar-refractivity contribution >= 4 is 23.3 Å². The molecule has 1 aromatic carbocycles. The van der Waals surface area contributed by atoms with Crippen LogP contribution >= 0.6 is 11.8 Å². The van der Waals surface area contributed by atoms with E-state index in [1.807, 2.05) is 48.5 Å². The van der Waals surface area contributed by atoms with Gasteiger partial charge >= 0.3 is 0 Å². The molecule has 1 aromatic heterocycles. The molecular weight excluding hydrogens is 196 g/mol. The van der Waals surface area contributed by atoms with E-state index >= 15 is 0 Å². The molecule has 0 aliphatic carbocycles. The standard InChI is InChI=1S/C11H9ClN2/c12-14(10-6-2-1-3-7-10)11-8-4-5-9-13-11/h1-9H. The van der Waals surface area contributed by atoms with Crippen LogP contribution in [0.2, 0.25) is 0 Å². The molecule has 0 bridgehead atoms. The van der Waals surface area contributed by atoms with Gasteiger partial charge in [0.2, 0.25) is 0 Å². The van der Waals surface area contributed by atoms with E-state index in [9.17, 15) is 0 Å². The van der Waals surface area contributed by atoms with Gasteiger partial charge in [-0.15, -0.1) is 0 Å². The lowest BCUT2D eigenvalue weighted by molar-refractivity contribution is 1.25. The molecule has 2 nitrogen and oxygen atoms in total. The highest BCUT2D eigenvalue weighted by Gasteiger charge is 2.04. The van der Waals surface area contributed by atoms with Gasteiger partial charge in [-0.2, -0.15) is 0 Å². The first-order valence-electron chi connectivity index (χ1n) is 4.30. The Morgan fingerprint density at radius 3 is 2.29 bits per heavy atom. The highest BCUT2D eigenvalue weighted by atomic mass is 35.5. The summed E-state index contributed by atoms with van der Waals surface area (Å²) in [4.78, 5) is 4.15. The fourth-order valence-electron chi connectivity index (χ4n) is 1.16.